The van der Waals surface area contributed by atoms with Gasteiger partial charge < -0.3 is 10.6 Å². The van der Waals surface area contributed by atoms with Crippen LogP contribution in [0, 0.1) is 18.3 Å². The highest BCUT2D eigenvalue weighted by molar-refractivity contribution is 6.09. The van der Waals surface area contributed by atoms with Crippen molar-refractivity contribution in [2.75, 3.05) is 12.4 Å². The van der Waals surface area contributed by atoms with Crippen molar-refractivity contribution in [3.8, 4) is 6.07 Å². The van der Waals surface area contributed by atoms with E-state index >= 15 is 0 Å². The first-order valence-corrected chi connectivity index (χ1v) is 7.35. The Morgan fingerprint density at radius 1 is 1.12 bits per heavy atom. The normalized spacial score (nSPS) is 10.6. The fraction of sp³-hybridized carbons (Fsp3) is 0.105. The third kappa shape index (κ3) is 4.31. The molecule has 0 bridgehead atoms. The Kier molecular flexibility index (Phi) is 5.48. The smallest absolute Gasteiger partial charge is 0.266 e. The Hall–Kier alpha value is -3.39. The maximum Gasteiger partial charge on any atom is 0.266 e. The number of rotatable bonds is 4. The summed E-state index contributed by atoms with van der Waals surface area (Å²) in [5.41, 5.74) is 2.82. The molecule has 2 aromatic rings. The summed E-state index contributed by atoms with van der Waals surface area (Å²) in [6.07, 6.45) is 1.48. The first-order valence-electron chi connectivity index (χ1n) is 7.35. The largest absolute Gasteiger partial charge is 0.355 e. The van der Waals surface area contributed by atoms with E-state index in [0.29, 0.717) is 16.8 Å². The van der Waals surface area contributed by atoms with Crippen molar-refractivity contribution < 1.29 is 9.59 Å². The quantitative estimate of drug-likeness (QED) is 0.671. The minimum Gasteiger partial charge on any atom is -0.355 e. The predicted octanol–water partition coefficient (Wildman–Crippen LogP) is 2.90. The zero-order valence-electron chi connectivity index (χ0n) is 13.5. The Labute approximate surface area is 140 Å². The van der Waals surface area contributed by atoms with Crippen LogP contribution in [0.5, 0.6) is 0 Å². The lowest BCUT2D eigenvalue weighted by molar-refractivity contribution is -0.112. The van der Waals surface area contributed by atoms with Crippen LogP contribution in [0.2, 0.25) is 0 Å². The van der Waals surface area contributed by atoms with Gasteiger partial charge in [0, 0.05) is 18.3 Å². The van der Waals surface area contributed by atoms with Crippen molar-refractivity contribution in [2.45, 2.75) is 6.92 Å². The highest BCUT2D eigenvalue weighted by Crippen LogP contribution is 2.13. The van der Waals surface area contributed by atoms with Gasteiger partial charge in [0.2, 0.25) is 0 Å². The lowest BCUT2D eigenvalue weighted by atomic mass is 10.1. The number of hydrogen-bond donors (Lipinski definition) is 2. The Morgan fingerprint density at radius 2 is 1.83 bits per heavy atom. The number of nitriles is 1. The molecule has 0 aliphatic rings. The van der Waals surface area contributed by atoms with Gasteiger partial charge in [-0.3, -0.25) is 9.59 Å². The molecular weight excluding hydrogens is 302 g/mol. The van der Waals surface area contributed by atoms with E-state index in [2.05, 4.69) is 10.6 Å². The van der Waals surface area contributed by atoms with E-state index in [9.17, 15) is 14.9 Å². The number of amides is 2. The van der Waals surface area contributed by atoms with E-state index in [1.54, 1.807) is 37.4 Å². The fourth-order valence-electron chi connectivity index (χ4n) is 2.11. The topological polar surface area (TPSA) is 82.0 Å². The molecule has 2 N–H and O–H groups in total. The van der Waals surface area contributed by atoms with Gasteiger partial charge in [0.25, 0.3) is 11.8 Å². The molecule has 0 atom stereocenters. The molecule has 2 aromatic carbocycles. The molecule has 0 aliphatic heterocycles. The highest BCUT2D eigenvalue weighted by atomic mass is 16.2. The zero-order valence-corrected chi connectivity index (χ0v) is 13.5. The summed E-state index contributed by atoms with van der Waals surface area (Å²) in [5.74, 6) is -0.665. The number of carbonyl (C=O) groups is 2. The third-order valence-electron chi connectivity index (χ3n) is 3.35. The summed E-state index contributed by atoms with van der Waals surface area (Å²) in [4.78, 5) is 23.7. The van der Waals surface area contributed by atoms with Crippen molar-refractivity contribution >= 4 is 23.6 Å². The number of anilines is 1. The van der Waals surface area contributed by atoms with Gasteiger partial charge in [0.1, 0.15) is 11.6 Å². The van der Waals surface area contributed by atoms with Crippen LogP contribution in [0.3, 0.4) is 0 Å². The molecule has 0 heterocycles. The molecule has 0 saturated heterocycles. The van der Waals surface area contributed by atoms with Crippen LogP contribution in [0.25, 0.3) is 6.08 Å². The minimum absolute atomic E-state index is 0.0100. The van der Waals surface area contributed by atoms with Gasteiger partial charge in [-0.15, -0.1) is 0 Å². The summed E-state index contributed by atoms with van der Waals surface area (Å²) in [7, 11) is 1.56. The van der Waals surface area contributed by atoms with E-state index in [1.807, 2.05) is 31.2 Å². The van der Waals surface area contributed by atoms with Gasteiger partial charge in [-0.25, -0.2) is 0 Å². The SMILES string of the molecule is CNC(=O)c1ccc(/C=C(/C#N)C(=O)Nc2cccc(C)c2)cc1. The van der Waals surface area contributed by atoms with E-state index in [0.717, 1.165) is 5.56 Å². The van der Waals surface area contributed by atoms with Gasteiger partial charge in [-0.05, 0) is 48.4 Å². The molecule has 0 aliphatic carbocycles. The molecule has 5 nitrogen and oxygen atoms in total. The molecule has 120 valence electrons. The summed E-state index contributed by atoms with van der Waals surface area (Å²) < 4.78 is 0. The van der Waals surface area contributed by atoms with Crippen molar-refractivity contribution in [2.24, 2.45) is 0 Å². The summed E-state index contributed by atoms with van der Waals surface area (Å²) >= 11 is 0. The molecule has 0 aromatic heterocycles. The summed E-state index contributed by atoms with van der Waals surface area (Å²) in [6.45, 7) is 1.92. The zero-order chi connectivity index (χ0) is 17.5. The fourth-order valence-corrected chi connectivity index (χ4v) is 2.11. The average Bonchev–Trinajstić information content (AvgIpc) is 2.59. The molecule has 2 rings (SSSR count). The summed E-state index contributed by atoms with van der Waals surface area (Å²) in [6, 6.07) is 15.9. The van der Waals surface area contributed by atoms with Gasteiger partial charge in [0.05, 0.1) is 0 Å². The molecule has 24 heavy (non-hydrogen) atoms. The van der Waals surface area contributed by atoms with E-state index in [-0.39, 0.29) is 11.5 Å². The number of benzene rings is 2. The van der Waals surface area contributed by atoms with Gasteiger partial charge in [-0.1, -0.05) is 24.3 Å². The molecule has 0 fully saturated rings. The van der Waals surface area contributed by atoms with Gasteiger partial charge >= 0.3 is 0 Å². The lowest BCUT2D eigenvalue weighted by Gasteiger charge is -2.05. The minimum atomic E-state index is -0.474. The van der Waals surface area contributed by atoms with Crippen molar-refractivity contribution in [3.05, 3.63) is 70.8 Å². The lowest BCUT2D eigenvalue weighted by Crippen LogP contribution is -2.17. The first kappa shape index (κ1) is 17.0. The number of aryl methyl sites for hydroxylation is 1. The van der Waals surface area contributed by atoms with Crippen LogP contribution in [0.15, 0.2) is 54.1 Å². The number of hydrogen-bond acceptors (Lipinski definition) is 3. The van der Waals surface area contributed by atoms with E-state index < -0.39 is 5.91 Å². The molecule has 0 saturated carbocycles. The maximum atomic E-state index is 12.2. The predicted molar refractivity (Wildman–Crippen MR) is 93.2 cm³/mol. The first-order chi connectivity index (χ1) is 11.5. The number of nitrogens with zero attached hydrogens (tertiary/aromatic N) is 1. The standard InChI is InChI=1S/C19H17N3O2/c1-13-4-3-5-17(10-13)22-19(24)16(12-20)11-14-6-8-15(9-7-14)18(23)21-2/h3-11H,1-2H3,(H,21,23)(H,22,24)/b16-11-. The van der Waals surface area contributed by atoms with Crippen LogP contribution in [0.4, 0.5) is 5.69 Å². The Balaban J connectivity index is 2.18. The monoisotopic (exact) mass is 319 g/mol. The highest BCUT2D eigenvalue weighted by Gasteiger charge is 2.10. The molecule has 0 unspecified atom stereocenters. The van der Waals surface area contributed by atoms with Crippen LogP contribution in [-0.2, 0) is 4.79 Å². The van der Waals surface area contributed by atoms with Crippen LogP contribution >= 0.6 is 0 Å². The second kappa shape index (κ2) is 7.75. The van der Waals surface area contributed by atoms with Crippen molar-refractivity contribution in [1.29, 1.82) is 5.26 Å². The summed E-state index contributed by atoms with van der Waals surface area (Å²) in [5, 5.41) is 14.5. The van der Waals surface area contributed by atoms with E-state index in [4.69, 9.17) is 0 Å². The molecule has 0 spiro atoms. The van der Waals surface area contributed by atoms with Gasteiger partial charge in [0.15, 0.2) is 0 Å². The van der Waals surface area contributed by atoms with Crippen LogP contribution < -0.4 is 10.6 Å². The maximum absolute atomic E-state index is 12.2. The second-order valence-corrected chi connectivity index (χ2v) is 5.19. The van der Waals surface area contributed by atoms with E-state index in [1.165, 1.54) is 6.08 Å². The second-order valence-electron chi connectivity index (χ2n) is 5.19. The Bertz CT molecular complexity index is 830. The molecule has 5 heteroatoms. The third-order valence-corrected chi connectivity index (χ3v) is 3.35. The van der Waals surface area contributed by atoms with Crippen molar-refractivity contribution in [3.63, 3.8) is 0 Å². The molecular formula is C19H17N3O2. The van der Waals surface area contributed by atoms with Gasteiger partial charge in [-0.2, -0.15) is 5.26 Å². The molecule has 2 amide bonds. The number of carbonyl (C=O) groups excluding carboxylic acids is 2. The van der Waals surface area contributed by atoms with Crippen LogP contribution in [-0.4, -0.2) is 18.9 Å². The number of nitrogens with one attached hydrogen (secondary N) is 2. The van der Waals surface area contributed by atoms with Crippen LogP contribution in [0.1, 0.15) is 21.5 Å². The Morgan fingerprint density at radius 3 is 2.42 bits per heavy atom. The molecule has 0 radical (unpaired) electrons. The van der Waals surface area contributed by atoms with Crippen molar-refractivity contribution in [1.82, 2.24) is 5.32 Å². The average molecular weight is 319 g/mol.